The first kappa shape index (κ1) is 20.8. The van der Waals surface area contributed by atoms with Gasteiger partial charge in [0.15, 0.2) is 0 Å². The molecule has 0 aliphatic carbocycles. The van der Waals surface area contributed by atoms with E-state index in [1.54, 1.807) is 17.5 Å². The number of thiophene rings is 1. The van der Waals surface area contributed by atoms with E-state index in [4.69, 9.17) is 4.74 Å². The van der Waals surface area contributed by atoms with Crippen LogP contribution in [0.3, 0.4) is 0 Å². The third-order valence-electron chi connectivity index (χ3n) is 4.75. The Morgan fingerprint density at radius 1 is 1.32 bits per heavy atom. The highest BCUT2D eigenvalue weighted by Gasteiger charge is 2.34. The van der Waals surface area contributed by atoms with Crippen molar-refractivity contribution in [3.8, 4) is 5.75 Å². The van der Waals surface area contributed by atoms with Gasteiger partial charge in [-0.15, -0.1) is 11.3 Å². The van der Waals surface area contributed by atoms with Gasteiger partial charge in [-0.05, 0) is 50.3 Å². The van der Waals surface area contributed by atoms with Crippen molar-refractivity contribution in [2.75, 3.05) is 19.7 Å². The van der Waals surface area contributed by atoms with Crippen molar-refractivity contribution in [2.45, 2.75) is 36.9 Å². The number of nitrogens with one attached hydrogen (secondary N) is 1. The molecule has 1 aliphatic heterocycles. The van der Waals surface area contributed by atoms with Gasteiger partial charge in [0.2, 0.25) is 5.91 Å². The summed E-state index contributed by atoms with van der Waals surface area (Å²) in [4.78, 5) is 12.6. The molecule has 1 aliphatic rings. The molecule has 1 amide bonds. The summed E-state index contributed by atoms with van der Waals surface area (Å²) >= 11 is 1.20. The molecule has 2 heterocycles. The normalized spacial score (nSPS) is 19.1. The number of nitrogens with zero attached hydrogens (tertiary/aromatic N) is 1. The quantitative estimate of drug-likeness (QED) is 0.744. The maximum absolute atomic E-state index is 12.7. The van der Waals surface area contributed by atoms with Gasteiger partial charge in [0.1, 0.15) is 16.6 Å². The Morgan fingerprint density at radius 3 is 2.75 bits per heavy atom. The number of sulfonamides is 1. The minimum absolute atomic E-state index is 0.119. The Hall–Kier alpha value is -1.90. The molecule has 0 spiro atoms. The third kappa shape index (κ3) is 5.12. The van der Waals surface area contributed by atoms with Crippen molar-refractivity contribution >= 4 is 27.3 Å². The first-order valence-electron chi connectivity index (χ1n) is 9.40. The highest BCUT2D eigenvalue weighted by atomic mass is 32.2. The van der Waals surface area contributed by atoms with Crippen molar-refractivity contribution in [1.82, 2.24) is 9.62 Å². The Labute approximate surface area is 170 Å². The largest absolute Gasteiger partial charge is 0.491 e. The van der Waals surface area contributed by atoms with Crippen LogP contribution in [0.1, 0.15) is 25.3 Å². The van der Waals surface area contributed by atoms with Crippen molar-refractivity contribution in [2.24, 2.45) is 5.92 Å². The molecule has 2 aromatic rings. The smallest absolute Gasteiger partial charge is 0.252 e. The predicted molar refractivity (Wildman–Crippen MR) is 110 cm³/mol. The molecule has 152 valence electrons. The van der Waals surface area contributed by atoms with Gasteiger partial charge in [-0.1, -0.05) is 23.8 Å². The number of hydrogen-bond acceptors (Lipinski definition) is 5. The number of ether oxygens (including phenoxy) is 1. The summed E-state index contributed by atoms with van der Waals surface area (Å²) in [6.07, 6.45) is 1.37. The summed E-state index contributed by atoms with van der Waals surface area (Å²) < 4.78 is 32.9. The number of aryl methyl sites for hydroxylation is 1. The van der Waals surface area contributed by atoms with Gasteiger partial charge in [-0.2, -0.15) is 4.31 Å². The van der Waals surface area contributed by atoms with Crippen molar-refractivity contribution in [1.29, 1.82) is 0 Å². The van der Waals surface area contributed by atoms with Crippen LogP contribution >= 0.6 is 11.3 Å². The molecule has 2 atom stereocenters. The van der Waals surface area contributed by atoms with Crippen LogP contribution in [0.2, 0.25) is 0 Å². The number of rotatable bonds is 7. The van der Waals surface area contributed by atoms with Crippen LogP contribution in [0.15, 0.2) is 46.0 Å². The number of benzene rings is 1. The molecular formula is C20H26N2O4S2. The lowest BCUT2D eigenvalue weighted by atomic mass is 9.98. The Kier molecular flexibility index (Phi) is 6.74. The second-order valence-electron chi connectivity index (χ2n) is 7.17. The average Bonchev–Trinajstić information content (AvgIpc) is 3.23. The highest BCUT2D eigenvalue weighted by Crippen LogP contribution is 2.26. The third-order valence-corrected chi connectivity index (χ3v) is 7.99. The van der Waals surface area contributed by atoms with Crippen LogP contribution in [-0.2, 0) is 14.8 Å². The Morgan fingerprint density at radius 2 is 2.07 bits per heavy atom. The fraction of sp³-hybridized carbons (Fsp3) is 0.450. The zero-order chi connectivity index (χ0) is 20.1. The summed E-state index contributed by atoms with van der Waals surface area (Å²) in [6.45, 7) is 4.93. The number of carbonyl (C=O) groups excluding carboxylic acids is 1. The second kappa shape index (κ2) is 9.07. The van der Waals surface area contributed by atoms with Crippen LogP contribution in [0.5, 0.6) is 5.75 Å². The van der Waals surface area contributed by atoms with E-state index < -0.39 is 10.0 Å². The van der Waals surface area contributed by atoms with Crippen molar-refractivity contribution in [3.05, 3.63) is 47.3 Å². The molecule has 1 N–H and O–H groups in total. The fourth-order valence-corrected chi connectivity index (χ4v) is 5.84. The summed E-state index contributed by atoms with van der Waals surface area (Å²) in [6, 6.07) is 10.9. The predicted octanol–water partition coefficient (Wildman–Crippen LogP) is 3.04. The molecule has 0 saturated carbocycles. The molecule has 6 nitrogen and oxygen atoms in total. The Balaban J connectivity index is 1.53. The summed E-state index contributed by atoms with van der Waals surface area (Å²) in [5, 5.41) is 4.70. The molecule has 0 radical (unpaired) electrons. The highest BCUT2D eigenvalue weighted by molar-refractivity contribution is 7.91. The van der Waals surface area contributed by atoms with E-state index in [0.29, 0.717) is 30.2 Å². The van der Waals surface area contributed by atoms with Crippen LogP contribution < -0.4 is 10.1 Å². The van der Waals surface area contributed by atoms with E-state index in [1.807, 2.05) is 38.1 Å². The van der Waals surface area contributed by atoms with Gasteiger partial charge in [-0.25, -0.2) is 8.42 Å². The van der Waals surface area contributed by atoms with E-state index in [2.05, 4.69) is 5.32 Å². The lowest BCUT2D eigenvalue weighted by Crippen LogP contribution is -2.47. The molecule has 1 aromatic heterocycles. The van der Waals surface area contributed by atoms with E-state index in [1.165, 1.54) is 15.6 Å². The average molecular weight is 423 g/mol. The van der Waals surface area contributed by atoms with Gasteiger partial charge in [0.05, 0.1) is 12.0 Å². The number of carbonyl (C=O) groups is 1. The van der Waals surface area contributed by atoms with E-state index in [-0.39, 0.29) is 24.4 Å². The van der Waals surface area contributed by atoms with E-state index in [9.17, 15) is 13.2 Å². The van der Waals surface area contributed by atoms with Gasteiger partial charge < -0.3 is 10.1 Å². The zero-order valence-corrected chi connectivity index (χ0v) is 17.8. The van der Waals surface area contributed by atoms with Crippen LogP contribution in [0, 0.1) is 12.8 Å². The molecule has 1 aromatic carbocycles. The minimum Gasteiger partial charge on any atom is -0.491 e. The Bertz CT molecular complexity index is 879. The van der Waals surface area contributed by atoms with Crippen LogP contribution in [-0.4, -0.2) is 44.4 Å². The lowest BCUT2D eigenvalue weighted by molar-refractivity contribution is -0.126. The zero-order valence-electron chi connectivity index (χ0n) is 16.1. The van der Waals surface area contributed by atoms with Gasteiger partial charge in [0.25, 0.3) is 10.0 Å². The number of piperidine rings is 1. The maximum Gasteiger partial charge on any atom is 0.252 e. The van der Waals surface area contributed by atoms with Gasteiger partial charge in [-0.3, -0.25) is 4.79 Å². The standard InChI is InChI=1S/C20H26N2O4S2/c1-15-7-9-18(10-8-15)26-14-16(2)21-20(23)17-5-3-11-22(13-17)28(24,25)19-6-4-12-27-19/h4,6-10,12,16-17H,3,5,11,13-14H2,1-2H3,(H,21,23). The van der Waals surface area contributed by atoms with Gasteiger partial charge in [0, 0.05) is 13.1 Å². The molecule has 1 fully saturated rings. The molecule has 3 rings (SSSR count). The first-order valence-corrected chi connectivity index (χ1v) is 11.7. The molecule has 1 saturated heterocycles. The second-order valence-corrected chi connectivity index (χ2v) is 10.3. The minimum atomic E-state index is -3.52. The maximum atomic E-state index is 12.7. The monoisotopic (exact) mass is 422 g/mol. The molecule has 28 heavy (non-hydrogen) atoms. The summed E-state index contributed by atoms with van der Waals surface area (Å²) in [5.74, 6) is 0.300. The summed E-state index contributed by atoms with van der Waals surface area (Å²) in [5.41, 5.74) is 1.16. The summed E-state index contributed by atoms with van der Waals surface area (Å²) in [7, 11) is -3.52. The first-order chi connectivity index (χ1) is 13.4. The van der Waals surface area contributed by atoms with Gasteiger partial charge >= 0.3 is 0 Å². The van der Waals surface area contributed by atoms with Crippen LogP contribution in [0.4, 0.5) is 0 Å². The number of amides is 1. The van der Waals surface area contributed by atoms with Crippen molar-refractivity contribution < 1.29 is 17.9 Å². The SMILES string of the molecule is Cc1ccc(OCC(C)NC(=O)C2CCCN(S(=O)(=O)c3cccs3)C2)cc1. The molecule has 0 bridgehead atoms. The fourth-order valence-electron chi connectivity index (χ4n) is 3.17. The molecule has 8 heteroatoms. The molecular weight excluding hydrogens is 396 g/mol. The topological polar surface area (TPSA) is 75.7 Å². The van der Waals surface area contributed by atoms with Crippen molar-refractivity contribution in [3.63, 3.8) is 0 Å². The van der Waals surface area contributed by atoms with E-state index >= 15 is 0 Å². The van der Waals surface area contributed by atoms with Crippen LogP contribution in [0.25, 0.3) is 0 Å². The van der Waals surface area contributed by atoms with E-state index in [0.717, 1.165) is 11.3 Å². The molecule has 2 unspecified atom stereocenters. The lowest BCUT2D eigenvalue weighted by Gasteiger charge is -2.31. The number of hydrogen-bond donors (Lipinski definition) is 1.